The van der Waals surface area contributed by atoms with Crippen LogP contribution >= 0.6 is 0 Å². The van der Waals surface area contributed by atoms with Gasteiger partial charge in [0, 0.05) is 25.8 Å². The van der Waals surface area contributed by atoms with Gasteiger partial charge in [0.2, 0.25) is 11.1 Å². The van der Waals surface area contributed by atoms with Crippen LogP contribution in [0, 0.1) is 0 Å². The van der Waals surface area contributed by atoms with Gasteiger partial charge in [0.25, 0.3) is 0 Å². The molecule has 1 N–H and O–H groups in total. The molecule has 0 amide bonds. The van der Waals surface area contributed by atoms with Crippen LogP contribution in [0.4, 0.5) is 0 Å². The zero-order valence-electron chi connectivity index (χ0n) is 18.1. The summed E-state index contributed by atoms with van der Waals surface area (Å²) >= 11 is 0. The van der Waals surface area contributed by atoms with Crippen molar-refractivity contribution in [1.82, 2.24) is 15.2 Å². The molecule has 6 heteroatoms. The van der Waals surface area contributed by atoms with Crippen LogP contribution in [0.5, 0.6) is 5.75 Å². The van der Waals surface area contributed by atoms with E-state index in [0.29, 0.717) is 28.6 Å². The second-order valence-electron chi connectivity index (χ2n) is 8.18. The summed E-state index contributed by atoms with van der Waals surface area (Å²) in [5.41, 5.74) is 2.09. The number of hydrogen-bond donors (Lipinski definition) is 1. The summed E-state index contributed by atoms with van der Waals surface area (Å²) in [5.74, 6) is 0.731. The second kappa shape index (κ2) is 8.20. The van der Waals surface area contributed by atoms with Crippen LogP contribution in [0.3, 0.4) is 0 Å². The summed E-state index contributed by atoms with van der Waals surface area (Å²) in [4.78, 5) is 20.0. The van der Waals surface area contributed by atoms with Gasteiger partial charge < -0.3 is 19.4 Å². The Hall–Kier alpha value is -2.70. The quantitative estimate of drug-likeness (QED) is 0.472. The molecule has 3 heterocycles. The van der Waals surface area contributed by atoms with Gasteiger partial charge in [-0.2, -0.15) is 0 Å². The molecule has 6 nitrogen and oxygen atoms in total. The van der Waals surface area contributed by atoms with E-state index in [-0.39, 0.29) is 5.43 Å². The first-order valence-electron chi connectivity index (χ1n) is 10.6. The number of benzene rings is 1. The Balaban J connectivity index is 1.80. The molecule has 0 radical (unpaired) electrons. The molecule has 0 aliphatic carbocycles. The molecular weight excluding hydrogens is 378 g/mol. The highest BCUT2D eigenvalue weighted by molar-refractivity contribution is 5.96. The van der Waals surface area contributed by atoms with Crippen molar-refractivity contribution in [2.75, 3.05) is 26.2 Å². The summed E-state index contributed by atoms with van der Waals surface area (Å²) in [5, 5.41) is 4.58. The van der Waals surface area contributed by atoms with Crippen molar-refractivity contribution >= 4 is 28.1 Å². The lowest BCUT2D eigenvalue weighted by Gasteiger charge is -2.28. The minimum absolute atomic E-state index is 0.0547. The van der Waals surface area contributed by atoms with Crippen molar-refractivity contribution in [2.45, 2.75) is 39.8 Å². The lowest BCUT2D eigenvalue weighted by Crippen LogP contribution is -2.32. The smallest absolute Gasteiger partial charge is 0.230 e. The molecular formula is C24H29N3O3. The van der Waals surface area contributed by atoms with Crippen molar-refractivity contribution in [3.05, 3.63) is 51.8 Å². The fraction of sp³-hybridized carbons (Fsp3) is 0.417. The minimum Gasteiger partial charge on any atom is -0.483 e. The van der Waals surface area contributed by atoms with Crippen molar-refractivity contribution in [3.8, 4) is 5.75 Å². The maximum absolute atomic E-state index is 13.4. The summed E-state index contributed by atoms with van der Waals surface area (Å²) < 4.78 is 12.3. The van der Waals surface area contributed by atoms with Crippen LogP contribution < -0.4 is 15.5 Å². The van der Waals surface area contributed by atoms with Crippen molar-refractivity contribution in [2.24, 2.45) is 0 Å². The van der Waals surface area contributed by atoms with Crippen LogP contribution in [0.15, 0.2) is 39.7 Å². The van der Waals surface area contributed by atoms with E-state index in [1.54, 1.807) is 18.3 Å². The number of aromatic nitrogens is 1. The Labute approximate surface area is 176 Å². The molecule has 30 heavy (non-hydrogen) atoms. The van der Waals surface area contributed by atoms with Gasteiger partial charge >= 0.3 is 0 Å². The molecule has 0 bridgehead atoms. The third-order valence-electron chi connectivity index (χ3n) is 5.64. The highest BCUT2D eigenvalue weighted by atomic mass is 16.5. The van der Waals surface area contributed by atoms with Gasteiger partial charge in [-0.3, -0.25) is 4.79 Å². The summed E-state index contributed by atoms with van der Waals surface area (Å²) in [6.07, 6.45) is 5.60. The van der Waals surface area contributed by atoms with Gasteiger partial charge in [-0.25, -0.2) is 4.98 Å². The Bertz CT molecular complexity index is 1160. The predicted molar refractivity (Wildman–Crippen MR) is 121 cm³/mol. The van der Waals surface area contributed by atoms with Crippen molar-refractivity contribution < 1.29 is 9.15 Å². The van der Waals surface area contributed by atoms with Crippen molar-refractivity contribution in [1.29, 1.82) is 0 Å². The van der Waals surface area contributed by atoms with Crippen LogP contribution in [-0.2, 0) is 6.54 Å². The summed E-state index contributed by atoms with van der Waals surface area (Å²) in [6, 6.07) is 5.50. The molecule has 158 valence electrons. The maximum atomic E-state index is 13.4. The topological polar surface area (TPSA) is 67.6 Å². The normalized spacial score (nSPS) is 15.0. The van der Waals surface area contributed by atoms with Crippen LogP contribution in [0.25, 0.3) is 28.1 Å². The molecule has 1 aliphatic heterocycles. The van der Waals surface area contributed by atoms with Crippen LogP contribution in [0.1, 0.15) is 38.8 Å². The first-order valence-corrected chi connectivity index (χ1v) is 10.6. The molecule has 0 saturated carbocycles. The molecule has 4 rings (SSSR count). The first-order chi connectivity index (χ1) is 14.4. The van der Waals surface area contributed by atoms with E-state index < -0.39 is 5.60 Å². The zero-order chi connectivity index (χ0) is 21.3. The summed E-state index contributed by atoms with van der Waals surface area (Å²) in [6.45, 7) is 12.8. The molecule has 2 aromatic heterocycles. The molecule has 0 spiro atoms. The standard InChI is InChI=1S/C24H29N3O3/c1-5-27(6-2)13-12-25-15-16-14-19-17(9-10-24(3,4)30-19)22-20(16)21(28)18-8-7-11-26-23(18)29-22/h7-11,14,25H,5-6,12-13,15H2,1-4H3. The molecule has 0 atom stereocenters. The SMILES string of the molecule is CCN(CC)CCNCc1cc2c(c3oc4ncccc4c(=O)c13)C=CC(C)(C)O2. The lowest BCUT2D eigenvalue weighted by molar-refractivity contribution is 0.159. The number of ether oxygens (including phenoxy) is 1. The van der Waals surface area contributed by atoms with Gasteiger partial charge in [0.05, 0.1) is 16.3 Å². The number of likely N-dealkylation sites (N-methyl/N-ethyl adjacent to an activating group) is 1. The number of fused-ring (bicyclic) bond motifs is 4. The van der Waals surface area contributed by atoms with E-state index in [1.165, 1.54) is 0 Å². The van der Waals surface area contributed by atoms with Gasteiger partial charge in [0.1, 0.15) is 11.4 Å². The Morgan fingerprint density at radius 1 is 1.23 bits per heavy atom. The van der Waals surface area contributed by atoms with Gasteiger partial charge in [-0.05, 0) is 62.9 Å². The van der Waals surface area contributed by atoms with E-state index in [9.17, 15) is 4.79 Å². The third kappa shape index (κ3) is 3.85. The molecule has 0 unspecified atom stereocenters. The van der Waals surface area contributed by atoms with Crippen LogP contribution in [0.2, 0.25) is 0 Å². The first kappa shape index (κ1) is 20.6. The Kier molecular flexibility index (Phi) is 5.62. The van der Waals surface area contributed by atoms with E-state index in [2.05, 4.69) is 29.0 Å². The number of nitrogens with zero attached hydrogens (tertiary/aromatic N) is 2. The van der Waals surface area contributed by atoms with E-state index >= 15 is 0 Å². The predicted octanol–water partition coefficient (Wildman–Crippen LogP) is 3.96. The van der Waals surface area contributed by atoms with Gasteiger partial charge in [0.15, 0.2) is 5.58 Å². The fourth-order valence-electron chi connectivity index (χ4n) is 3.91. The molecule has 0 saturated heterocycles. The summed E-state index contributed by atoms with van der Waals surface area (Å²) in [7, 11) is 0. The van der Waals surface area contributed by atoms with E-state index in [1.807, 2.05) is 32.1 Å². The minimum atomic E-state index is -0.413. The largest absolute Gasteiger partial charge is 0.483 e. The average molecular weight is 408 g/mol. The van der Waals surface area contributed by atoms with Gasteiger partial charge in [-0.1, -0.05) is 13.8 Å². The molecule has 1 aromatic carbocycles. The Morgan fingerprint density at radius 3 is 2.80 bits per heavy atom. The van der Waals surface area contributed by atoms with E-state index in [0.717, 1.165) is 43.1 Å². The fourth-order valence-corrected chi connectivity index (χ4v) is 3.91. The third-order valence-corrected chi connectivity index (χ3v) is 5.64. The Morgan fingerprint density at radius 2 is 2.03 bits per heavy atom. The number of rotatable bonds is 7. The zero-order valence-corrected chi connectivity index (χ0v) is 18.1. The van der Waals surface area contributed by atoms with Crippen LogP contribution in [-0.4, -0.2) is 41.7 Å². The lowest BCUT2D eigenvalue weighted by atomic mass is 9.97. The monoisotopic (exact) mass is 407 g/mol. The second-order valence-corrected chi connectivity index (χ2v) is 8.18. The highest BCUT2D eigenvalue weighted by Crippen LogP contribution is 2.38. The number of hydrogen-bond acceptors (Lipinski definition) is 6. The number of pyridine rings is 1. The average Bonchev–Trinajstić information content (AvgIpc) is 2.73. The molecule has 3 aromatic rings. The molecule has 1 aliphatic rings. The highest BCUT2D eigenvalue weighted by Gasteiger charge is 2.26. The van der Waals surface area contributed by atoms with Gasteiger partial charge in [-0.15, -0.1) is 0 Å². The van der Waals surface area contributed by atoms with E-state index in [4.69, 9.17) is 9.15 Å². The number of nitrogens with one attached hydrogen (secondary N) is 1. The maximum Gasteiger partial charge on any atom is 0.230 e. The van der Waals surface area contributed by atoms with Crippen molar-refractivity contribution in [3.63, 3.8) is 0 Å². The molecule has 0 fully saturated rings.